The van der Waals surface area contributed by atoms with Gasteiger partial charge in [0.1, 0.15) is 12.0 Å². The molecule has 1 N–H and O–H groups in total. The first-order chi connectivity index (χ1) is 12.4. The average molecular weight is 396 g/mol. The molecule has 0 saturated heterocycles. The van der Waals surface area contributed by atoms with Crippen molar-refractivity contribution in [1.82, 2.24) is 0 Å². The van der Waals surface area contributed by atoms with Crippen LogP contribution in [0.15, 0.2) is 42.5 Å². The number of aldehydes is 1. The van der Waals surface area contributed by atoms with Crippen LogP contribution in [0, 0.1) is 0 Å². The highest BCUT2D eigenvalue weighted by molar-refractivity contribution is 6.35. The van der Waals surface area contributed by atoms with Crippen LogP contribution in [0.5, 0.6) is 5.75 Å². The summed E-state index contributed by atoms with van der Waals surface area (Å²) in [6, 6.07) is 10.8. The second-order valence-electron chi connectivity index (χ2n) is 5.22. The van der Waals surface area contributed by atoms with Gasteiger partial charge in [-0.2, -0.15) is 0 Å². The van der Waals surface area contributed by atoms with Crippen molar-refractivity contribution in [3.63, 3.8) is 0 Å². The number of carbonyl (C=O) groups is 3. The molecule has 0 bridgehead atoms. The van der Waals surface area contributed by atoms with Crippen molar-refractivity contribution in [1.29, 1.82) is 0 Å². The largest absolute Gasteiger partial charge is 0.482 e. The van der Waals surface area contributed by atoms with Gasteiger partial charge in [0.05, 0.1) is 10.7 Å². The minimum Gasteiger partial charge on any atom is -0.482 e. The first kappa shape index (κ1) is 19.8. The van der Waals surface area contributed by atoms with E-state index in [0.717, 1.165) is 0 Å². The van der Waals surface area contributed by atoms with Crippen molar-refractivity contribution in [2.24, 2.45) is 0 Å². The summed E-state index contributed by atoms with van der Waals surface area (Å²) in [7, 11) is 0. The monoisotopic (exact) mass is 395 g/mol. The highest BCUT2D eigenvalue weighted by Crippen LogP contribution is 2.25. The number of benzene rings is 2. The summed E-state index contributed by atoms with van der Waals surface area (Å²) in [5.41, 5.74) is 0.809. The van der Waals surface area contributed by atoms with E-state index in [-0.39, 0.29) is 6.61 Å². The van der Waals surface area contributed by atoms with Gasteiger partial charge in [-0.05, 0) is 49.4 Å². The Morgan fingerprint density at radius 3 is 2.50 bits per heavy atom. The number of carbonyl (C=O) groups excluding carboxylic acids is 3. The average Bonchev–Trinajstić information content (AvgIpc) is 2.63. The Bertz CT molecular complexity index is 808. The van der Waals surface area contributed by atoms with Crippen molar-refractivity contribution in [3.05, 3.63) is 58.1 Å². The van der Waals surface area contributed by atoms with Gasteiger partial charge in [-0.25, -0.2) is 4.79 Å². The molecule has 0 unspecified atom stereocenters. The number of hydrogen-bond acceptors (Lipinski definition) is 5. The van der Waals surface area contributed by atoms with Crippen molar-refractivity contribution >= 4 is 47.1 Å². The Morgan fingerprint density at radius 2 is 1.85 bits per heavy atom. The predicted molar refractivity (Wildman–Crippen MR) is 98.0 cm³/mol. The molecular formula is C18H15Cl2NO5. The highest BCUT2D eigenvalue weighted by Gasteiger charge is 2.19. The van der Waals surface area contributed by atoms with Crippen molar-refractivity contribution in [2.45, 2.75) is 13.0 Å². The molecule has 0 spiro atoms. The van der Waals surface area contributed by atoms with Crippen LogP contribution in [0.1, 0.15) is 17.3 Å². The minimum absolute atomic E-state index is 0.309. The molecule has 0 aliphatic heterocycles. The quantitative estimate of drug-likeness (QED) is 0.570. The lowest BCUT2D eigenvalue weighted by Gasteiger charge is -2.14. The molecule has 8 heteroatoms. The lowest BCUT2D eigenvalue weighted by atomic mass is 10.2. The molecule has 2 rings (SSSR count). The van der Waals surface area contributed by atoms with Crippen LogP contribution in [0.3, 0.4) is 0 Å². The van der Waals surface area contributed by atoms with Gasteiger partial charge in [-0.15, -0.1) is 0 Å². The molecule has 0 aliphatic carbocycles. The molecular weight excluding hydrogens is 381 g/mol. The first-order valence-electron chi connectivity index (χ1n) is 7.52. The third kappa shape index (κ3) is 5.75. The van der Waals surface area contributed by atoms with E-state index in [1.165, 1.54) is 13.0 Å². The van der Waals surface area contributed by atoms with E-state index in [4.69, 9.17) is 32.7 Å². The van der Waals surface area contributed by atoms with Gasteiger partial charge in [-0.1, -0.05) is 23.2 Å². The summed E-state index contributed by atoms with van der Waals surface area (Å²) in [6.07, 6.45) is -0.358. The molecule has 0 aliphatic rings. The van der Waals surface area contributed by atoms with Crippen LogP contribution >= 0.6 is 23.2 Å². The molecule has 136 valence electrons. The number of halogens is 2. The van der Waals surface area contributed by atoms with E-state index in [1.54, 1.807) is 36.4 Å². The van der Waals surface area contributed by atoms with Crippen molar-refractivity contribution < 1.29 is 23.9 Å². The Labute approximate surface area is 160 Å². The van der Waals surface area contributed by atoms with Gasteiger partial charge in [0.25, 0.3) is 5.91 Å². The zero-order valence-corrected chi connectivity index (χ0v) is 15.2. The fraction of sp³-hybridized carbons (Fsp3) is 0.167. The lowest BCUT2D eigenvalue weighted by Crippen LogP contribution is -2.31. The van der Waals surface area contributed by atoms with Gasteiger partial charge in [-0.3, -0.25) is 9.59 Å². The maximum absolute atomic E-state index is 12.1. The number of hydrogen-bond donors (Lipinski definition) is 1. The van der Waals surface area contributed by atoms with Gasteiger partial charge >= 0.3 is 5.97 Å². The zero-order chi connectivity index (χ0) is 19.1. The van der Waals surface area contributed by atoms with Crippen LogP contribution in [0.4, 0.5) is 5.69 Å². The van der Waals surface area contributed by atoms with Crippen LogP contribution in [0.2, 0.25) is 10.0 Å². The summed E-state index contributed by atoms with van der Waals surface area (Å²) in [6.45, 7) is 1.04. The molecule has 26 heavy (non-hydrogen) atoms. The summed E-state index contributed by atoms with van der Waals surface area (Å²) in [5.74, 6) is -0.877. The Balaban J connectivity index is 1.84. The van der Waals surface area contributed by atoms with E-state index in [2.05, 4.69) is 5.32 Å². The molecule has 6 nitrogen and oxygen atoms in total. The minimum atomic E-state index is -1.06. The second kappa shape index (κ2) is 9.22. The Kier molecular flexibility index (Phi) is 7.00. The molecule has 0 saturated carbocycles. The van der Waals surface area contributed by atoms with Crippen molar-refractivity contribution in [3.8, 4) is 5.75 Å². The third-order valence-electron chi connectivity index (χ3n) is 3.24. The number of amides is 1. The molecule has 0 heterocycles. The standard InChI is InChI=1S/C18H15Cl2NO5/c1-11(18(24)21-16-8-13(19)4-7-15(16)20)26-17(23)10-25-14-5-2-12(9-22)3-6-14/h2-9,11H,10H2,1H3,(H,21,24)/t11-/m1/s1. The summed E-state index contributed by atoms with van der Waals surface area (Å²) in [4.78, 5) is 34.5. The summed E-state index contributed by atoms with van der Waals surface area (Å²) < 4.78 is 10.3. The molecule has 0 radical (unpaired) electrons. The lowest BCUT2D eigenvalue weighted by molar-refractivity contribution is -0.155. The second-order valence-corrected chi connectivity index (χ2v) is 6.06. The van der Waals surface area contributed by atoms with Gasteiger partial charge in [0, 0.05) is 10.6 Å². The normalized spacial score (nSPS) is 11.3. The summed E-state index contributed by atoms with van der Waals surface area (Å²) in [5, 5.41) is 3.25. The SMILES string of the molecule is C[C@@H](OC(=O)COc1ccc(C=O)cc1)C(=O)Nc1cc(Cl)ccc1Cl. The fourth-order valence-corrected chi connectivity index (χ4v) is 2.23. The number of ether oxygens (including phenoxy) is 2. The first-order valence-corrected chi connectivity index (χ1v) is 8.28. The zero-order valence-electron chi connectivity index (χ0n) is 13.7. The number of esters is 1. The van der Waals surface area contributed by atoms with E-state index < -0.39 is 18.0 Å². The molecule has 2 aromatic rings. The van der Waals surface area contributed by atoms with Crippen molar-refractivity contribution in [2.75, 3.05) is 11.9 Å². The van der Waals surface area contributed by atoms with Crippen LogP contribution < -0.4 is 10.1 Å². The summed E-state index contributed by atoms with van der Waals surface area (Å²) >= 11 is 11.8. The van der Waals surface area contributed by atoms with Gasteiger partial charge in [0.2, 0.25) is 0 Å². The van der Waals surface area contributed by atoms with E-state index in [1.807, 2.05) is 0 Å². The van der Waals surface area contributed by atoms with E-state index in [9.17, 15) is 14.4 Å². The number of rotatable bonds is 7. The van der Waals surface area contributed by atoms with E-state index >= 15 is 0 Å². The van der Waals surface area contributed by atoms with Gasteiger partial charge < -0.3 is 14.8 Å². The molecule has 0 fully saturated rings. The predicted octanol–water partition coefficient (Wildman–Crippen LogP) is 3.76. The topological polar surface area (TPSA) is 81.7 Å². The van der Waals surface area contributed by atoms with E-state index in [0.29, 0.717) is 33.3 Å². The van der Waals surface area contributed by atoms with Crippen LogP contribution in [-0.4, -0.2) is 30.9 Å². The molecule has 1 atom stereocenters. The van der Waals surface area contributed by atoms with Crippen LogP contribution in [-0.2, 0) is 14.3 Å². The van der Waals surface area contributed by atoms with Crippen LogP contribution in [0.25, 0.3) is 0 Å². The molecule has 0 aromatic heterocycles. The highest BCUT2D eigenvalue weighted by atomic mass is 35.5. The molecule has 1 amide bonds. The third-order valence-corrected chi connectivity index (χ3v) is 3.80. The smallest absolute Gasteiger partial charge is 0.344 e. The number of nitrogens with one attached hydrogen (secondary N) is 1. The molecule has 2 aromatic carbocycles. The maximum Gasteiger partial charge on any atom is 0.344 e. The maximum atomic E-state index is 12.1. The Morgan fingerprint density at radius 1 is 1.15 bits per heavy atom. The fourth-order valence-electron chi connectivity index (χ4n) is 1.90. The van der Waals surface area contributed by atoms with Gasteiger partial charge in [0.15, 0.2) is 12.7 Å². The number of anilines is 1. The Hall–Kier alpha value is -2.57.